The molecule has 5 rings (SSSR count). The van der Waals surface area contributed by atoms with Crippen molar-refractivity contribution in [3.05, 3.63) is 75.1 Å². The number of benzene rings is 2. The lowest BCUT2D eigenvalue weighted by molar-refractivity contribution is 0.0201. The van der Waals surface area contributed by atoms with E-state index in [0.29, 0.717) is 17.6 Å². The van der Waals surface area contributed by atoms with Crippen LogP contribution in [0.4, 0.5) is 4.79 Å². The van der Waals surface area contributed by atoms with Crippen molar-refractivity contribution in [1.29, 1.82) is 0 Å². The van der Waals surface area contributed by atoms with E-state index in [2.05, 4.69) is 11.1 Å². The second-order valence-corrected chi connectivity index (χ2v) is 8.87. The molecule has 0 radical (unpaired) electrons. The van der Waals surface area contributed by atoms with Crippen molar-refractivity contribution in [3.63, 3.8) is 0 Å². The Morgan fingerprint density at radius 3 is 2.80 bits per heavy atom. The fraction of sp³-hybridized carbons (Fsp3) is 0.333. The van der Waals surface area contributed by atoms with E-state index in [1.165, 1.54) is 0 Å². The van der Waals surface area contributed by atoms with Crippen LogP contribution in [0.2, 0.25) is 0 Å². The normalized spacial score (nSPS) is 17.6. The highest BCUT2D eigenvalue weighted by Gasteiger charge is 2.40. The van der Waals surface area contributed by atoms with Gasteiger partial charge < -0.3 is 14.5 Å². The molecule has 6 nitrogen and oxygen atoms in total. The zero-order chi connectivity index (χ0) is 21.0. The molecule has 1 N–H and O–H groups in total. The Labute approximate surface area is 174 Å². The molecular formula is C24H24N2O4. The Morgan fingerprint density at radius 1 is 1.20 bits per heavy atom. The first-order valence-corrected chi connectivity index (χ1v) is 10.2. The van der Waals surface area contributed by atoms with Crippen LogP contribution in [0.25, 0.3) is 10.9 Å². The number of para-hydroxylation sites is 1. The van der Waals surface area contributed by atoms with Gasteiger partial charge in [-0.05, 0) is 56.2 Å². The van der Waals surface area contributed by atoms with E-state index in [1.807, 2.05) is 57.2 Å². The molecular weight excluding hydrogens is 380 g/mol. The first-order chi connectivity index (χ1) is 14.3. The molecule has 1 atom stereocenters. The molecule has 1 aromatic heterocycles. The van der Waals surface area contributed by atoms with Crippen molar-refractivity contribution < 1.29 is 14.3 Å². The number of hydrogen-bond acceptors (Lipinski definition) is 4. The summed E-state index contributed by atoms with van der Waals surface area (Å²) in [5.41, 5.74) is 3.52. The maximum Gasteiger partial charge on any atom is 0.411 e. The van der Waals surface area contributed by atoms with Crippen LogP contribution in [0.1, 0.15) is 49.2 Å². The molecule has 0 bridgehead atoms. The highest BCUT2D eigenvalue weighted by atomic mass is 16.6. The quantitative estimate of drug-likeness (QED) is 0.656. The molecule has 0 saturated heterocycles. The third kappa shape index (κ3) is 3.03. The first kappa shape index (κ1) is 18.7. The van der Waals surface area contributed by atoms with Gasteiger partial charge in [-0.3, -0.25) is 9.69 Å². The molecule has 0 aliphatic carbocycles. The third-order valence-electron chi connectivity index (χ3n) is 5.61. The van der Waals surface area contributed by atoms with Gasteiger partial charge in [0.25, 0.3) is 0 Å². The van der Waals surface area contributed by atoms with Crippen LogP contribution in [-0.2, 0) is 17.7 Å². The highest BCUT2D eigenvalue weighted by Crippen LogP contribution is 2.40. The van der Waals surface area contributed by atoms with Gasteiger partial charge in [-0.25, -0.2) is 4.79 Å². The summed E-state index contributed by atoms with van der Waals surface area (Å²) in [6, 6.07) is 13.0. The van der Waals surface area contributed by atoms with Crippen molar-refractivity contribution in [2.45, 2.75) is 45.4 Å². The molecule has 3 heterocycles. The number of H-pyrrole nitrogens is 1. The third-order valence-corrected chi connectivity index (χ3v) is 5.61. The number of pyridine rings is 1. The summed E-state index contributed by atoms with van der Waals surface area (Å²) in [7, 11) is 0. The number of ether oxygens (including phenoxy) is 2. The number of aromatic amines is 1. The number of carbonyl (C=O) groups excluding carboxylic acids is 1. The number of aromatic nitrogens is 1. The van der Waals surface area contributed by atoms with Crippen LogP contribution in [0.3, 0.4) is 0 Å². The van der Waals surface area contributed by atoms with Gasteiger partial charge in [-0.1, -0.05) is 18.2 Å². The second-order valence-electron chi connectivity index (χ2n) is 8.87. The van der Waals surface area contributed by atoms with Gasteiger partial charge in [0.05, 0.1) is 18.8 Å². The van der Waals surface area contributed by atoms with E-state index >= 15 is 0 Å². The molecule has 0 fully saturated rings. The van der Waals surface area contributed by atoms with Gasteiger partial charge >= 0.3 is 6.09 Å². The van der Waals surface area contributed by atoms with Crippen molar-refractivity contribution in [2.75, 3.05) is 6.61 Å². The highest BCUT2D eigenvalue weighted by molar-refractivity contribution is 5.81. The van der Waals surface area contributed by atoms with Crippen LogP contribution >= 0.6 is 0 Å². The molecule has 2 aliphatic rings. The first-order valence-electron chi connectivity index (χ1n) is 10.2. The largest absolute Gasteiger partial charge is 0.493 e. The minimum absolute atomic E-state index is 0.0418. The molecule has 3 aromatic rings. The molecule has 2 aromatic carbocycles. The molecule has 1 amide bonds. The number of amides is 1. The van der Waals surface area contributed by atoms with E-state index in [4.69, 9.17) is 9.47 Å². The number of nitrogens with zero attached hydrogens (tertiary/aromatic N) is 1. The number of rotatable bonds is 1. The summed E-state index contributed by atoms with van der Waals surface area (Å²) in [6.07, 6.45) is 0.404. The van der Waals surface area contributed by atoms with Gasteiger partial charge in [-0.2, -0.15) is 0 Å². The summed E-state index contributed by atoms with van der Waals surface area (Å²) in [4.78, 5) is 31.4. The van der Waals surface area contributed by atoms with E-state index < -0.39 is 17.7 Å². The summed E-state index contributed by atoms with van der Waals surface area (Å²) < 4.78 is 11.3. The molecule has 0 saturated carbocycles. The zero-order valence-electron chi connectivity index (χ0n) is 17.3. The Hall–Kier alpha value is -3.28. The summed E-state index contributed by atoms with van der Waals surface area (Å²) in [5, 5.41) is 0.628. The van der Waals surface area contributed by atoms with Gasteiger partial charge in [0, 0.05) is 22.9 Å². The maximum absolute atomic E-state index is 13.2. The molecule has 30 heavy (non-hydrogen) atoms. The monoisotopic (exact) mass is 404 g/mol. The van der Waals surface area contributed by atoms with Crippen LogP contribution in [0.5, 0.6) is 5.75 Å². The minimum atomic E-state index is -0.628. The summed E-state index contributed by atoms with van der Waals surface area (Å²) in [6.45, 7) is 6.40. The van der Waals surface area contributed by atoms with Crippen molar-refractivity contribution in [3.8, 4) is 5.75 Å². The molecule has 0 spiro atoms. The van der Waals surface area contributed by atoms with E-state index in [-0.39, 0.29) is 12.0 Å². The molecule has 154 valence electrons. The molecule has 2 aliphatic heterocycles. The topological polar surface area (TPSA) is 71.6 Å². The SMILES string of the molecule is CC(C)(C)OC(=O)N1Cc2c([nH]c3ccccc3c2=O)C1c1ccc2c(c1)CCO2. The standard InChI is InChI=1S/C24H24N2O4/c1-24(2,3)30-23(28)26-13-17-20(25-18-7-5-4-6-16(18)22(17)27)21(26)15-8-9-19-14(12-15)10-11-29-19/h4-9,12,21H,10-11,13H2,1-3H3,(H,25,27). The Kier molecular flexibility index (Phi) is 4.13. The lowest BCUT2D eigenvalue weighted by Gasteiger charge is -2.29. The molecule has 1 unspecified atom stereocenters. The number of fused-ring (bicyclic) bond motifs is 3. The van der Waals surface area contributed by atoms with Crippen molar-refractivity contribution >= 4 is 17.0 Å². The summed E-state index contributed by atoms with van der Waals surface area (Å²) in [5.74, 6) is 0.882. The van der Waals surface area contributed by atoms with Crippen molar-refractivity contribution in [1.82, 2.24) is 9.88 Å². The van der Waals surface area contributed by atoms with Gasteiger partial charge in [-0.15, -0.1) is 0 Å². The van der Waals surface area contributed by atoms with Gasteiger partial charge in [0.15, 0.2) is 5.43 Å². The number of carbonyl (C=O) groups is 1. The Morgan fingerprint density at radius 2 is 2.00 bits per heavy atom. The van der Waals surface area contributed by atoms with Crippen LogP contribution < -0.4 is 10.2 Å². The summed E-state index contributed by atoms with van der Waals surface area (Å²) >= 11 is 0. The number of nitrogens with one attached hydrogen (secondary N) is 1. The lowest BCUT2D eigenvalue weighted by atomic mass is 9.98. The van der Waals surface area contributed by atoms with E-state index in [1.54, 1.807) is 4.90 Å². The minimum Gasteiger partial charge on any atom is -0.493 e. The fourth-order valence-electron chi connectivity index (χ4n) is 4.32. The Balaban J connectivity index is 1.68. The smallest absolute Gasteiger partial charge is 0.411 e. The predicted molar refractivity (Wildman–Crippen MR) is 114 cm³/mol. The average molecular weight is 404 g/mol. The average Bonchev–Trinajstić information content (AvgIpc) is 3.31. The lowest BCUT2D eigenvalue weighted by Crippen LogP contribution is -2.36. The second kappa shape index (κ2) is 6.62. The number of hydrogen-bond donors (Lipinski definition) is 1. The predicted octanol–water partition coefficient (Wildman–Crippen LogP) is 4.30. The van der Waals surface area contributed by atoms with Crippen LogP contribution in [0, 0.1) is 0 Å². The zero-order valence-corrected chi connectivity index (χ0v) is 17.3. The van der Waals surface area contributed by atoms with Crippen LogP contribution in [-0.4, -0.2) is 28.2 Å². The maximum atomic E-state index is 13.2. The van der Waals surface area contributed by atoms with Crippen LogP contribution in [0.15, 0.2) is 47.3 Å². The van der Waals surface area contributed by atoms with Gasteiger partial charge in [0.1, 0.15) is 17.4 Å². The Bertz CT molecular complexity index is 1220. The van der Waals surface area contributed by atoms with E-state index in [9.17, 15) is 9.59 Å². The van der Waals surface area contributed by atoms with Gasteiger partial charge in [0.2, 0.25) is 0 Å². The van der Waals surface area contributed by atoms with E-state index in [0.717, 1.165) is 34.5 Å². The fourth-order valence-corrected chi connectivity index (χ4v) is 4.32. The molecule has 6 heteroatoms. The van der Waals surface area contributed by atoms with Crippen molar-refractivity contribution in [2.24, 2.45) is 0 Å².